The normalized spacial score (nSPS) is 14.2. The van der Waals surface area contributed by atoms with Crippen LogP contribution in [0.15, 0.2) is 41.4 Å². The second kappa shape index (κ2) is 4.86. The van der Waals surface area contributed by atoms with Gasteiger partial charge < -0.3 is 5.98 Å². The largest absolute Gasteiger partial charge is 1.00 e. The van der Waals surface area contributed by atoms with Gasteiger partial charge >= 0.3 is 29.6 Å². The minimum atomic E-state index is -3.36. The number of pyridine rings is 1. The molecule has 1 heterocycles. The molecule has 0 fully saturated rings. The van der Waals surface area contributed by atoms with Gasteiger partial charge in [-0.05, 0) is 12.1 Å². The standard InChI is InChI=1S/C9H7NO2S2.Na.H/c11-14(12,13)8-5-1-3-7-4-2-6-10-9(7)8;;/h1-6H,(H,11,12,13);;/q;+1;-1. The average Bonchev–Trinajstić information content (AvgIpc) is 2.15. The second-order valence-corrected chi connectivity index (χ2v) is 5.55. The van der Waals surface area contributed by atoms with Crippen molar-refractivity contribution >= 4 is 30.9 Å². The SMILES string of the molecule is O=S(O)(=S)c1cccc2cccnc12.[H-].[Na+]. The molecule has 1 atom stereocenters. The molecule has 6 heteroatoms. The zero-order chi connectivity index (χ0) is 10.2. The summed E-state index contributed by atoms with van der Waals surface area (Å²) >= 11 is 4.52. The van der Waals surface area contributed by atoms with Gasteiger partial charge in [0.25, 0.3) is 0 Å². The molecule has 74 valence electrons. The van der Waals surface area contributed by atoms with Crippen molar-refractivity contribution in [3.63, 3.8) is 0 Å². The minimum absolute atomic E-state index is 0. The Hall–Kier alpha value is -0.0400. The van der Waals surface area contributed by atoms with Gasteiger partial charge in [-0.3, -0.25) is 4.98 Å². The Labute approximate surface area is 116 Å². The maximum Gasteiger partial charge on any atom is 1.00 e. The number of para-hydroxylation sites is 1. The molecule has 0 aliphatic heterocycles. The number of nitrogens with zero attached hydrogens (tertiary/aromatic N) is 1. The molecule has 1 aromatic carbocycles. The monoisotopic (exact) mass is 249 g/mol. The molecule has 0 bridgehead atoms. The maximum absolute atomic E-state index is 11.3. The van der Waals surface area contributed by atoms with Gasteiger partial charge in [0.15, 0.2) is 8.77 Å². The molecular weight excluding hydrogens is 241 g/mol. The summed E-state index contributed by atoms with van der Waals surface area (Å²) in [5, 5.41) is 0.816. The van der Waals surface area contributed by atoms with Gasteiger partial charge in [-0.15, -0.1) is 0 Å². The molecule has 0 amide bonds. The third-order valence-electron chi connectivity index (χ3n) is 1.87. The van der Waals surface area contributed by atoms with Crippen LogP contribution in [0.5, 0.6) is 0 Å². The Morgan fingerprint density at radius 1 is 1.33 bits per heavy atom. The van der Waals surface area contributed by atoms with Crippen LogP contribution in [0.3, 0.4) is 0 Å². The smallest absolute Gasteiger partial charge is 1.00 e. The minimum Gasteiger partial charge on any atom is -1.00 e. The molecule has 0 aliphatic rings. The van der Waals surface area contributed by atoms with Crippen molar-refractivity contribution in [2.24, 2.45) is 0 Å². The average molecular weight is 249 g/mol. The second-order valence-electron chi connectivity index (χ2n) is 2.81. The summed E-state index contributed by atoms with van der Waals surface area (Å²) in [7, 11) is -3.36. The molecule has 0 saturated heterocycles. The van der Waals surface area contributed by atoms with Crippen molar-refractivity contribution in [2.75, 3.05) is 0 Å². The van der Waals surface area contributed by atoms with E-state index in [1.807, 2.05) is 12.1 Å². The molecule has 2 aromatic rings. The van der Waals surface area contributed by atoms with Gasteiger partial charge in [-0.25, -0.2) is 4.21 Å². The number of hydrogen-bond acceptors (Lipinski definition) is 3. The summed E-state index contributed by atoms with van der Waals surface area (Å²) < 4.78 is 20.6. The Morgan fingerprint density at radius 3 is 2.67 bits per heavy atom. The summed E-state index contributed by atoms with van der Waals surface area (Å²) in [5.74, 6) is 0. The van der Waals surface area contributed by atoms with Crippen LogP contribution in [0.25, 0.3) is 10.9 Å². The van der Waals surface area contributed by atoms with Crippen LogP contribution in [0.2, 0.25) is 0 Å². The summed E-state index contributed by atoms with van der Waals surface area (Å²) in [4.78, 5) is 4.26. The summed E-state index contributed by atoms with van der Waals surface area (Å²) in [6.45, 7) is 0. The van der Waals surface area contributed by atoms with Crippen LogP contribution < -0.4 is 29.6 Å². The fourth-order valence-electron chi connectivity index (χ4n) is 1.28. The topological polar surface area (TPSA) is 50.2 Å². The van der Waals surface area contributed by atoms with E-state index in [0.717, 1.165) is 5.39 Å². The molecule has 0 aliphatic carbocycles. The quantitative estimate of drug-likeness (QED) is 0.654. The molecule has 0 radical (unpaired) electrons. The van der Waals surface area contributed by atoms with E-state index in [9.17, 15) is 8.76 Å². The van der Waals surface area contributed by atoms with Gasteiger partial charge in [-0.2, -0.15) is 0 Å². The van der Waals surface area contributed by atoms with Gasteiger partial charge in [0.1, 0.15) is 0 Å². The van der Waals surface area contributed by atoms with Crippen molar-refractivity contribution in [3.8, 4) is 0 Å². The molecule has 0 spiro atoms. The van der Waals surface area contributed by atoms with E-state index in [2.05, 4.69) is 16.2 Å². The Morgan fingerprint density at radius 2 is 2.00 bits per heavy atom. The van der Waals surface area contributed by atoms with E-state index in [-0.39, 0.29) is 35.9 Å². The van der Waals surface area contributed by atoms with Crippen molar-refractivity contribution in [1.29, 1.82) is 0 Å². The predicted molar refractivity (Wildman–Crippen MR) is 59.3 cm³/mol. The summed E-state index contributed by atoms with van der Waals surface area (Å²) in [6.07, 6.45) is 1.58. The van der Waals surface area contributed by atoms with Crippen molar-refractivity contribution in [1.82, 2.24) is 4.98 Å². The van der Waals surface area contributed by atoms with Crippen LogP contribution in [-0.2, 0) is 20.0 Å². The van der Waals surface area contributed by atoms with Crippen molar-refractivity contribution in [3.05, 3.63) is 36.5 Å². The molecule has 0 saturated carbocycles. The van der Waals surface area contributed by atoms with Gasteiger partial charge in [0, 0.05) is 22.8 Å². The molecule has 3 nitrogen and oxygen atoms in total. The maximum atomic E-state index is 11.3. The third kappa shape index (κ3) is 2.75. The zero-order valence-corrected chi connectivity index (χ0v) is 11.7. The van der Waals surface area contributed by atoms with Crippen molar-refractivity contribution in [2.45, 2.75) is 4.90 Å². The molecule has 1 aromatic heterocycles. The molecule has 15 heavy (non-hydrogen) atoms. The Bertz CT molecular complexity index is 584. The fourth-order valence-corrected chi connectivity index (χ4v) is 2.35. The van der Waals surface area contributed by atoms with Gasteiger partial charge in [0.05, 0.1) is 10.4 Å². The number of fused-ring (bicyclic) bond motifs is 1. The van der Waals surface area contributed by atoms with Crippen LogP contribution in [0, 0.1) is 0 Å². The third-order valence-corrected chi connectivity index (χ3v) is 3.30. The molecular formula is C9H8NNaO2S2. The first-order valence-corrected chi connectivity index (χ1v) is 6.34. The van der Waals surface area contributed by atoms with E-state index in [0.29, 0.717) is 5.52 Å². The molecule has 1 unspecified atom stereocenters. The van der Waals surface area contributed by atoms with Gasteiger partial charge in [0.2, 0.25) is 0 Å². The van der Waals surface area contributed by atoms with Crippen LogP contribution in [0.1, 0.15) is 1.43 Å². The van der Waals surface area contributed by atoms with Crippen molar-refractivity contribution < 1.29 is 39.7 Å². The first-order valence-electron chi connectivity index (χ1n) is 3.90. The number of benzene rings is 1. The molecule has 1 N–H and O–H groups in total. The van der Waals surface area contributed by atoms with Crippen LogP contribution in [0.4, 0.5) is 0 Å². The predicted octanol–water partition coefficient (Wildman–Crippen LogP) is -1.07. The van der Waals surface area contributed by atoms with Gasteiger partial charge in [-0.1, -0.05) is 18.2 Å². The van der Waals surface area contributed by atoms with E-state index in [1.165, 1.54) is 6.07 Å². The van der Waals surface area contributed by atoms with E-state index >= 15 is 0 Å². The Kier molecular flexibility index (Phi) is 4.22. The van der Waals surface area contributed by atoms with E-state index in [4.69, 9.17) is 0 Å². The summed E-state index contributed by atoms with van der Waals surface area (Å²) in [6, 6.07) is 8.65. The number of aromatic nitrogens is 1. The Balaban J connectivity index is 0.00000112. The number of rotatable bonds is 1. The fraction of sp³-hybridized carbons (Fsp3) is 0. The molecule has 2 rings (SSSR count). The first kappa shape index (κ1) is 13.0. The van der Waals surface area contributed by atoms with E-state index in [1.54, 1.807) is 18.3 Å². The number of hydrogen-bond donors (Lipinski definition) is 1. The van der Waals surface area contributed by atoms with Crippen LogP contribution in [-0.4, -0.2) is 13.7 Å². The zero-order valence-electron chi connectivity index (χ0n) is 9.08. The van der Waals surface area contributed by atoms with Crippen LogP contribution >= 0.6 is 0 Å². The summed E-state index contributed by atoms with van der Waals surface area (Å²) in [5.41, 5.74) is 0.498. The first-order chi connectivity index (χ1) is 6.59. The van der Waals surface area contributed by atoms with E-state index < -0.39 is 8.77 Å².